The van der Waals surface area contributed by atoms with Crippen LogP contribution in [0.15, 0.2) is 29.8 Å². The molecule has 0 aromatic heterocycles. The highest BCUT2D eigenvalue weighted by Crippen LogP contribution is 2.40. The number of aliphatic imine (C=N–C) groups is 1. The summed E-state index contributed by atoms with van der Waals surface area (Å²) in [7, 11) is 0. The number of fused-ring (bicyclic) bond motifs is 1. The van der Waals surface area contributed by atoms with E-state index in [-0.39, 0.29) is 17.9 Å². The molecule has 0 fully saturated rings. The number of guanidine groups is 1. The second kappa shape index (κ2) is 5.92. The Balaban J connectivity index is 2.03. The summed E-state index contributed by atoms with van der Waals surface area (Å²) < 4.78 is 19.2. The predicted molar refractivity (Wildman–Crippen MR) is 91.2 cm³/mol. The van der Waals surface area contributed by atoms with Crippen LogP contribution >= 0.6 is 0 Å². The van der Waals surface area contributed by atoms with Gasteiger partial charge < -0.3 is 10.5 Å². The molecule has 1 amide bonds. The molecular formula is C18H22FN3O2. The number of rotatable bonds is 3. The van der Waals surface area contributed by atoms with Gasteiger partial charge in [0.15, 0.2) is 5.96 Å². The van der Waals surface area contributed by atoms with Crippen LogP contribution in [-0.2, 0) is 4.79 Å². The van der Waals surface area contributed by atoms with Crippen LogP contribution in [0.4, 0.5) is 4.39 Å². The Morgan fingerprint density at radius 1 is 1.58 bits per heavy atom. The van der Waals surface area contributed by atoms with Crippen molar-refractivity contribution >= 4 is 17.7 Å². The Kier molecular flexibility index (Phi) is 4.07. The maximum atomic E-state index is 13.5. The van der Waals surface area contributed by atoms with Crippen LogP contribution in [0.5, 0.6) is 5.75 Å². The van der Waals surface area contributed by atoms with E-state index in [1.165, 1.54) is 4.90 Å². The lowest BCUT2D eigenvalue weighted by atomic mass is 9.90. The monoisotopic (exact) mass is 331 g/mol. The number of nitrogens with zero attached hydrogens (tertiary/aromatic N) is 2. The van der Waals surface area contributed by atoms with Gasteiger partial charge in [0, 0.05) is 17.5 Å². The third-order valence-electron chi connectivity index (χ3n) is 4.84. The molecule has 24 heavy (non-hydrogen) atoms. The first-order valence-electron chi connectivity index (χ1n) is 8.13. The number of carbonyl (C=O) groups is 1. The van der Waals surface area contributed by atoms with Crippen molar-refractivity contribution in [3.8, 4) is 5.75 Å². The summed E-state index contributed by atoms with van der Waals surface area (Å²) in [5, 5.41) is 0. The molecule has 0 spiro atoms. The van der Waals surface area contributed by atoms with Gasteiger partial charge in [-0.25, -0.2) is 9.38 Å². The first kappa shape index (κ1) is 16.5. The van der Waals surface area contributed by atoms with E-state index in [0.717, 1.165) is 12.0 Å². The van der Waals surface area contributed by atoms with Gasteiger partial charge in [-0.1, -0.05) is 13.5 Å². The van der Waals surface area contributed by atoms with E-state index < -0.39 is 11.4 Å². The van der Waals surface area contributed by atoms with Gasteiger partial charge in [0.2, 0.25) is 5.91 Å². The molecule has 0 saturated carbocycles. The summed E-state index contributed by atoms with van der Waals surface area (Å²) in [6.45, 7) is 7.72. The molecule has 2 N–H and O–H groups in total. The minimum Gasteiger partial charge on any atom is -0.493 e. The van der Waals surface area contributed by atoms with E-state index in [4.69, 9.17) is 10.5 Å². The topological polar surface area (TPSA) is 67.9 Å². The highest BCUT2D eigenvalue weighted by molar-refractivity contribution is 5.99. The van der Waals surface area contributed by atoms with Gasteiger partial charge in [0.25, 0.3) is 0 Å². The van der Waals surface area contributed by atoms with Gasteiger partial charge in [-0.3, -0.25) is 9.69 Å². The van der Waals surface area contributed by atoms with Crippen molar-refractivity contribution in [1.82, 2.24) is 4.90 Å². The predicted octanol–water partition coefficient (Wildman–Crippen LogP) is 3.17. The van der Waals surface area contributed by atoms with Crippen molar-refractivity contribution in [2.24, 2.45) is 10.7 Å². The Morgan fingerprint density at radius 3 is 2.96 bits per heavy atom. The Labute approximate surface area is 141 Å². The van der Waals surface area contributed by atoms with Crippen LogP contribution in [0, 0.1) is 0 Å². The van der Waals surface area contributed by atoms with Gasteiger partial charge >= 0.3 is 0 Å². The summed E-state index contributed by atoms with van der Waals surface area (Å²) in [5.41, 5.74) is 6.79. The highest BCUT2D eigenvalue weighted by atomic mass is 19.1. The lowest BCUT2D eigenvalue weighted by Gasteiger charge is -2.40. The number of hydrogen-bond acceptors (Lipinski definition) is 4. The molecule has 0 saturated heterocycles. The number of carbonyl (C=O) groups excluding carboxylic acids is 1. The molecule has 5 nitrogen and oxygen atoms in total. The molecule has 128 valence electrons. The van der Waals surface area contributed by atoms with Gasteiger partial charge in [-0.15, -0.1) is 0 Å². The van der Waals surface area contributed by atoms with E-state index in [9.17, 15) is 9.18 Å². The van der Waals surface area contributed by atoms with E-state index in [1.807, 2.05) is 13.8 Å². The number of benzene rings is 1. The van der Waals surface area contributed by atoms with Gasteiger partial charge in [0.1, 0.15) is 11.6 Å². The average molecular weight is 331 g/mol. The molecule has 2 aliphatic heterocycles. The molecule has 0 radical (unpaired) electrons. The van der Waals surface area contributed by atoms with Crippen LogP contribution in [0.3, 0.4) is 0 Å². The fraction of sp³-hybridized carbons (Fsp3) is 0.444. The third-order valence-corrected chi connectivity index (χ3v) is 4.84. The molecule has 6 heteroatoms. The third kappa shape index (κ3) is 2.77. The maximum Gasteiger partial charge on any atom is 0.232 e. The molecule has 2 unspecified atom stereocenters. The molecule has 0 aliphatic carbocycles. The zero-order chi connectivity index (χ0) is 17.5. The molecule has 2 aliphatic rings. The highest BCUT2D eigenvalue weighted by Gasteiger charge is 2.40. The fourth-order valence-corrected chi connectivity index (χ4v) is 3.26. The normalized spacial score (nSPS) is 26.5. The zero-order valence-electron chi connectivity index (χ0n) is 14.0. The quantitative estimate of drug-likeness (QED) is 0.925. The minimum absolute atomic E-state index is 0.0609. The number of hydrogen-bond donors (Lipinski definition) is 1. The Bertz CT molecular complexity index is 731. The average Bonchev–Trinajstić information content (AvgIpc) is 2.53. The second-order valence-electron chi connectivity index (χ2n) is 6.57. The molecule has 1 aromatic rings. The van der Waals surface area contributed by atoms with Crippen molar-refractivity contribution in [2.75, 3.05) is 6.61 Å². The Morgan fingerprint density at radius 2 is 2.33 bits per heavy atom. The number of halogens is 1. The van der Waals surface area contributed by atoms with Gasteiger partial charge in [0.05, 0.1) is 24.6 Å². The van der Waals surface area contributed by atoms with Crippen LogP contribution in [-0.4, -0.2) is 28.9 Å². The standard InChI is InChI=1S/C18H22FN3O2/c1-4-18(3)10-16(23)22(17(20)21-18)14-7-8-24-15-6-5-12(11(2)19)9-13(14)15/h5-6,9,14H,2,4,7-8,10H2,1,3H3,(H2,20,21). The van der Waals surface area contributed by atoms with Crippen molar-refractivity contribution in [3.05, 3.63) is 35.9 Å². The summed E-state index contributed by atoms with van der Waals surface area (Å²) in [4.78, 5) is 18.8. The lowest BCUT2D eigenvalue weighted by molar-refractivity contribution is -0.131. The van der Waals surface area contributed by atoms with Crippen LogP contribution < -0.4 is 10.5 Å². The van der Waals surface area contributed by atoms with Crippen molar-refractivity contribution in [2.45, 2.75) is 44.7 Å². The smallest absolute Gasteiger partial charge is 0.232 e. The lowest BCUT2D eigenvalue weighted by Crippen LogP contribution is -2.52. The van der Waals surface area contributed by atoms with E-state index in [0.29, 0.717) is 30.8 Å². The second-order valence-corrected chi connectivity index (χ2v) is 6.57. The van der Waals surface area contributed by atoms with E-state index in [1.54, 1.807) is 18.2 Å². The summed E-state index contributed by atoms with van der Waals surface area (Å²) in [6, 6.07) is 4.70. The molecular weight excluding hydrogens is 309 g/mol. The molecule has 2 atom stereocenters. The molecule has 1 aromatic carbocycles. The summed E-state index contributed by atoms with van der Waals surface area (Å²) >= 11 is 0. The minimum atomic E-state index is -0.521. The Hall–Kier alpha value is -2.37. The van der Waals surface area contributed by atoms with Crippen LogP contribution in [0.1, 0.15) is 50.3 Å². The molecule has 2 heterocycles. The van der Waals surface area contributed by atoms with Crippen molar-refractivity contribution in [1.29, 1.82) is 0 Å². The molecule has 0 bridgehead atoms. The van der Waals surface area contributed by atoms with Crippen molar-refractivity contribution < 1.29 is 13.9 Å². The van der Waals surface area contributed by atoms with Gasteiger partial charge in [-0.2, -0.15) is 0 Å². The first-order chi connectivity index (χ1) is 11.3. The number of ether oxygens (including phenoxy) is 1. The van der Waals surface area contributed by atoms with Crippen molar-refractivity contribution in [3.63, 3.8) is 0 Å². The number of nitrogens with two attached hydrogens (primary N) is 1. The zero-order valence-corrected chi connectivity index (χ0v) is 14.0. The number of amides is 1. The largest absolute Gasteiger partial charge is 0.493 e. The summed E-state index contributed by atoms with van der Waals surface area (Å²) in [5.74, 6) is 0.278. The maximum absolute atomic E-state index is 13.5. The van der Waals surface area contributed by atoms with Crippen LogP contribution in [0.25, 0.3) is 5.83 Å². The summed E-state index contributed by atoms with van der Waals surface area (Å²) in [6.07, 6.45) is 1.63. The molecule has 3 rings (SSSR count). The SMILES string of the molecule is C=C(F)c1ccc2c(c1)C(N1C(=O)CC(C)(CC)N=C1N)CCO2. The van der Waals surface area contributed by atoms with E-state index >= 15 is 0 Å². The van der Waals surface area contributed by atoms with Gasteiger partial charge in [-0.05, 0) is 31.5 Å². The van der Waals surface area contributed by atoms with E-state index in [2.05, 4.69) is 11.6 Å². The van der Waals surface area contributed by atoms with Crippen LogP contribution in [0.2, 0.25) is 0 Å². The first-order valence-corrected chi connectivity index (χ1v) is 8.13. The fourth-order valence-electron chi connectivity index (χ4n) is 3.26.